The number of carbonyl (C=O) groups is 1. The minimum Gasteiger partial charge on any atom is -0.372 e. The molecule has 0 aliphatic heterocycles. The molecule has 0 bridgehead atoms. The highest BCUT2D eigenvalue weighted by Gasteiger charge is 2.07. The standard InChI is InChI=1S/C18H20N4O3/c1-3-21(4-2)16-10-8-15(9-11-16)18(23)20-19-13-14-6-5-7-17(12-14)22(24)25/h5-13H,3-4H2,1-2H3,(H,20,23)/b19-13-. The smallest absolute Gasteiger partial charge is 0.271 e. The molecule has 0 heterocycles. The van der Waals surface area contributed by atoms with E-state index in [1.54, 1.807) is 24.3 Å². The van der Waals surface area contributed by atoms with Crippen LogP contribution >= 0.6 is 0 Å². The lowest BCUT2D eigenvalue weighted by Gasteiger charge is -2.20. The Balaban J connectivity index is 2.00. The zero-order valence-electron chi connectivity index (χ0n) is 14.2. The van der Waals surface area contributed by atoms with Gasteiger partial charge in [-0.1, -0.05) is 12.1 Å². The molecule has 130 valence electrons. The summed E-state index contributed by atoms with van der Waals surface area (Å²) in [6.45, 7) is 5.95. The fourth-order valence-corrected chi connectivity index (χ4v) is 2.36. The Morgan fingerprint density at radius 2 is 1.88 bits per heavy atom. The third-order valence-corrected chi connectivity index (χ3v) is 3.72. The Morgan fingerprint density at radius 3 is 2.48 bits per heavy atom. The third kappa shape index (κ3) is 4.87. The Morgan fingerprint density at radius 1 is 1.20 bits per heavy atom. The second-order valence-electron chi connectivity index (χ2n) is 5.27. The summed E-state index contributed by atoms with van der Waals surface area (Å²) in [6, 6.07) is 13.3. The average molecular weight is 340 g/mol. The molecule has 2 aromatic rings. The zero-order chi connectivity index (χ0) is 18.2. The lowest BCUT2D eigenvalue weighted by Crippen LogP contribution is -2.22. The highest BCUT2D eigenvalue weighted by atomic mass is 16.6. The van der Waals surface area contributed by atoms with Gasteiger partial charge in [-0.3, -0.25) is 14.9 Å². The molecule has 0 spiro atoms. The molecule has 0 aliphatic rings. The number of hydrogen-bond acceptors (Lipinski definition) is 5. The molecule has 1 amide bonds. The second-order valence-corrected chi connectivity index (χ2v) is 5.27. The van der Waals surface area contributed by atoms with Gasteiger partial charge in [-0.15, -0.1) is 0 Å². The van der Waals surface area contributed by atoms with Crippen molar-refractivity contribution in [3.05, 3.63) is 69.8 Å². The van der Waals surface area contributed by atoms with Gasteiger partial charge in [0.25, 0.3) is 11.6 Å². The second kappa shape index (κ2) is 8.58. The summed E-state index contributed by atoms with van der Waals surface area (Å²) in [5, 5.41) is 14.6. The molecule has 2 rings (SSSR count). The van der Waals surface area contributed by atoms with Gasteiger partial charge in [0.15, 0.2) is 0 Å². The van der Waals surface area contributed by atoms with Crippen LogP contribution in [0.15, 0.2) is 53.6 Å². The molecular formula is C18H20N4O3. The number of nitro groups is 1. The van der Waals surface area contributed by atoms with Crippen LogP contribution in [0.1, 0.15) is 29.8 Å². The van der Waals surface area contributed by atoms with Crippen LogP contribution in [-0.2, 0) is 0 Å². The van der Waals surface area contributed by atoms with Gasteiger partial charge in [-0.2, -0.15) is 5.10 Å². The minimum absolute atomic E-state index is 0.0257. The molecule has 0 unspecified atom stereocenters. The van der Waals surface area contributed by atoms with Crippen molar-refractivity contribution in [3.63, 3.8) is 0 Å². The predicted octanol–water partition coefficient (Wildman–Crippen LogP) is 3.20. The number of non-ortho nitro benzene ring substituents is 1. The van der Waals surface area contributed by atoms with Crippen molar-refractivity contribution in [3.8, 4) is 0 Å². The lowest BCUT2D eigenvalue weighted by atomic mass is 10.2. The van der Waals surface area contributed by atoms with Crippen LogP contribution < -0.4 is 10.3 Å². The molecule has 1 N–H and O–H groups in total. The van der Waals surface area contributed by atoms with Gasteiger partial charge in [-0.25, -0.2) is 5.43 Å². The average Bonchev–Trinajstić information content (AvgIpc) is 2.63. The van der Waals surface area contributed by atoms with Crippen molar-refractivity contribution in [2.24, 2.45) is 5.10 Å². The maximum Gasteiger partial charge on any atom is 0.271 e. The van der Waals surface area contributed by atoms with Crippen molar-refractivity contribution in [2.45, 2.75) is 13.8 Å². The van der Waals surface area contributed by atoms with E-state index in [-0.39, 0.29) is 11.6 Å². The van der Waals surface area contributed by atoms with Gasteiger partial charge < -0.3 is 4.90 Å². The first kappa shape index (κ1) is 18.1. The minimum atomic E-state index is -0.479. The number of hydrogen-bond donors (Lipinski definition) is 1. The van der Waals surface area contributed by atoms with E-state index in [2.05, 4.69) is 29.3 Å². The molecule has 0 saturated carbocycles. The van der Waals surface area contributed by atoms with Crippen molar-refractivity contribution in [1.29, 1.82) is 0 Å². The summed E-state index contributed by atoms with van der Waals surface area (Å²) in [4.78, 5) is 24.5. The first-order valence-electron chi connectivity index (χ1n) is 7.98. The first-order chi connectivity index (χ1) is 12.0. The quantitative estimate of drug-likeness (QED) is 0.476. The van der Waals surface area contributed by atoms with Crippen molar-refractivity contribution >= 4 is 23.5 Å². The number of nitrogens with zero attached hydrogens (tertiary/aromatic N) is 3. The SMILES string of the molecule is CCN(CC)c1ccc(C(=O)N/N=C\c2cccc([N+](=O)[O-])c2)cc1. The van der Waals surface area contributed by atoms with Crippen molar-refractivity contribution in [1.82, 2.24) is 5.43 Å². The van der Waals surface area contributed by atoms with E-state index < -0.39 is 4.92 Å². The van der Waals surface area contributed by atoms with Gasteiger partial charge in [0, 0.05) is 42.0 Å². The Bertz CT molecular complexity index is 768. The van der Waals surface area contributed by atoms with Crippen LogP contribution in [0.5, 0.6) is 0 Å². The largest absolute Gasteiger partial charge is 0.372 e. The van der Waals surface area contributed by atoms with Crippen molar-refractivity contribution in [2.75, 3.05) is 18.0 Å². The number of rotatable bonds is 7. The number of nitro benzene ring substituents is 1. The van der Waals surface area contributed by atoms with Crippen molar-refractivity contribution < 1.29 is 9.72 Å². The zero-order valence-corrected chi connectivity index (χ0v) is 14.2. The fraction of sp³-hybridized carbons (Fsp3) is 0.222. The normalized spacial score (nSPS) is 10.6. The number of hydrazone groups is 1. The topological polar surface area (TPSA) is 87.8 Å². The van der Waals surface area contributed by atoms with E-state index in [0.29, 0.717) is 11.1 Å². The molecule has 0 saturated heterocycles. The Kier molecular flexibility index (Phi) is 6.22. The summed E-state index contributed by atoms with van der Waals surface area (Å²) >= 11 is 0. The molecule has 25 heavy (non-hydrogen) atoms. The van der Waals surface area contributed by atoms with E-state index in [9.17, 15) is 14.9 Å². The highest BCUT2D eigenvalue weighted by molar-refractivity contribution is 5.95. The molecule has 0 atom stereocenters. The molecule has 2 aromatic carbocycles. The molecule has 7 heteroatoms. The fourth-order valence-electron chi connectivity index (χ4n) is 2.36. The van der Waals surface area contributed by atoms with E-state index in [4.69, 9.17) is 0 Å². The van der Waals surface area contributed by atoms with E-state index >= 15 is 0 Å². The van der Waals surface area contributed by atoms with Gasteiger partial charge in [0.05, 0.1) is 11.1 Å². The molecule has 7 nitrogen and oxygen atoms in total. The summed E-state index contributed by atoms with van der Waals surface area (Å²) in [6.07, 6.45) is 1.37. The van der Waals surface area contributed by atoms with E-state index in [0.717, 1.165) is 18.8 Å². The van der Waals surface area contributed by atoms with Gasteiger partial charge in [0.1, 0.15) is 0 Å². The summed E-state index contributed by atoms with van der Waals surface area (Å²) in [5.74, 6) is -0.340. The number of anilines is 1. The molecule has 0 aromatic heterocycles. The first-order valence-corrected chi connectivity index (χ1v) is 7.98. The number of amides is 1. The van der Waals surface area contributed by atoms with Gasteiger partial charge >= 0.3 is 0 Å². The number of benzene rings is 2. The summed E-state index contributed by atoms with van der Waals surface area (Å²) in [7, 11) is 0. The van der Waals surface area contributed by atoms with Crippen LogP contribution in [0.25, 0.3) is 0 Å². The molecule has 0 aliphatic carbocycles. The number of carbonyl (C=O) groups excluding carboxylic acids is 1. The van der Waals surface area contributed by atoms with Crippen LogP contribution in [0.3, 0.4) is 0 Å². The lowest BCUT2D eigenvalue weighted by molar-refractivity contribution is -0.384. The molecule has 0 fully saturated rings. The molecular weight excluding hydrogens is 320 g/mol. The van der Waals surface area contributed by atoms with Crippen LogP contribution in [0.2, 0.25) is 0 Å². The van der Waals surface area contributed by atoms with Gasteiger partial charge in [-0.05, 0) is 38.1 Å². The van der Waals surface area contributed by atoms with Crippen LogP contribution in [0, 0.1) is 10.1 Å². The molecule has 0 radical (unpaired) electrons. The van der Waals surface area contributed by atoms with Crippen LogP contribution in [0.4, 0.5) is 11.4 Å². The Hall–Kier alpha value is -3.22. The monoisotopic (exact) mass is 340 g/mol. The number of nitrogens with one attached hydrogen (secondary N) is 1. The maximum absolute atomic E-state index is 12.1. The summed E-state index contributed by atoms with van der Waals surface area (Å²) < 4.78 is 0. The van der Waals surface area contributed by atoms with Crippen LogP contribution in [-0.4, -0.2) is 30.1 Å². The van der Waals surface area contributed by atoms with Gasteiger partial charge in [0.2, 0.25) is 0 Å². The van der Waals surface area contributed by atoms with E-state index in [1.165, 1.54) is 18.3 Å². The predicted molar refractivity (Wildman–Crippen MR) is 98.2 cm³/mol. The Labute approximate surface area is 146 Å². The third-order valence-electron chi connectivity index (χ3n) is 3.72. The highest BCUT2D eigenvalue weighted by Crippen LogP contribution is 2.15. The van der Waals surface area contributed by atoms with E-state index in [1.807, 2.05) is 12.1 Å². The summed E-state index contributed by atoms with van der Waals surface area (Å²) in [5.41, 5.74) is 4.48. The maximum atomic E-state index is 12.1.